The number of thioether (sulfide) groups is 1. The summed E-state index contributed by atoms with van der Waals surface area (Å²) >= 11 is 7.36. The van der Waals surface area contributed by atoms with Crippen molar-refractivity contribution in [3.63, 3.8) is 0 Å². The molecule has 0 spiro atoms. The fraction of sp³-hybridized carbons (Fsp3) is 0.200. The van der Waals surface area contributed by atoms with Crippen molar-refractivity contribution in [3.05, 3.63) is 63.7 Å². The van der Waals surface area contributed by atoms with Crippen molar-refractivity contribution < 1.29 is 9.53 Å². The van der Waals surface area contributed by atoms with E-state index in [0.29, 0.717) is 38.4 Å². The summed E-state index contributed by atoms with van der Waals surface area (Å²) in [6, 6.07) is 15.1. The number of anilines is 2. The molecule has 0 fully saturated rings. The van der Waals surface area contributed by atoms with Crippen molar-refractivity contribution in [2.45, 2.75) is 25.3 Å². The highest BCUT2D eigenvalue weighted by Crippen LogP contribution is 2.36. The van der Waals surface area contributed by atoms with Crippen LogP contribution in [0.2, 0.25) is 5.02 Å². The van der Waals surface area contributed by atoms with Gasteiger partial charge in [0.25, 0.3) is 0 Å². The Labute approximate surface area is 207 Å². The number of rotatable bonds is 7. The summed E-state index contributed by atoms with van der Waals surface area (Å²) in [6.07, 6.45) is 0.155. The second kappa shape index (κ2) is 10.9. The molecule has 0 radical (unpaired) electrons. The van der Waals surface area contributed by atoms with E-state index in [1.54, 1.807) is 12.1 Å². The minimum Gasteiger partial charge on any atom is -0.495 e. The Morgan fingerprint density at radius 2 is 1.85 bits per heavy atom. The molecule has 1 amide bonds. The van der Waals surface area contributed by atoms with Crippen LogP contribution in [0.3, 0.4) is 0 Å². The number of nitriles is 2. The topological polar surface area (TPSA) is 125 Å². The molecule has 0 atom stereocenters. The first-order valence-electron chi connectivity index (χ1n) is 10.3. The molecule has 34 heavy (non-hydrogen) atoms. The number of nitrogens with zero attached hydrogens (tertiary/aromatic N) is 3. The van der Waals surface area contributed by atoms with Gasteiger partial charge in [0.1, 0.15) is 34.3 Å². The molecule has 1 aromatic heterocycles. The number of carbonyl (C=O) groups is 1. The van der Waals surface area contributed by atoms with E-state index in [0.717, 1.165) is 11.1 Å². The quantitative estimate of drug-likeness (QED) is 0.419. The first-order chi connectivity index (χ1) is 16.3. The highest BCUT2D eigenvalue weighted by Gasteiger charge is 2.21. The largest absolute Gasteiger partial charge is 0.495 e. The molecule has 3 N–H and O–H groups in total. The third kappa shape index (κ3) is 5.43. The molecular formula is C25H22ClN5O2S. The Hall–Kier alpha value is -3.72. The summed E-state index contributed by atoms with van der Waals surface area (Å²) in [7, 11) is 1.50. The van der Waals surface area contributed by atoms with Crippen LogP contribution in [0.1, 0.15) is 28.7 Å². The maximum absolute atomic E-state index is 12.5. The van der Waals surface area contributed by atoms with Gasteiger partial charge in [0.15, 0.2) is 0 Å². The summed E-state index contributed by atoms with van der Waals surface area (Å²) in [6.45, 7) is 3.79. The van der Waals surface area contributed by atoms with Crippen molar-refractivity contribution in [3.8, 4) is 29.0 Å². The number of benzene rings is 2. The average Bonchev–Trinajstić information content (AvgIpc) is 2.81. The maximum Gasteiger partial charge on any atom is 0.225 e. The number of hydrogen-bond donors (Lipinski definition) is 2. The van der Waals surface area contributed by atoms with Gasteiger partial charge in [-0.15, -0.1) is 11.8 Å². The van der Waals surface area contributed by atoms with E-state index in [2.05, 4.69) is 22.4 Å². The van der Waals surface area contributed by atoms with Crippen molar-refractivity contribution in [2.24, 2.45) is 0 Å². The lowest BCUT2D eigenvalue weighted by atomic mass is 9.96. The molecule has 9 heteroatoms. The number of nitrogens with one attached hydrogen (secondary N) is 1. The van der Waals surface area contributed by atoms with Gasteiger partial charge in [-0.25, -0.2) is 4.98 Å². The molecule has 3 aromatic rings. The summed E-state index contributed by atoms with van der Waals surface area (Å²) in [5, 5.41) is 23.3. The second-order valence-electron chi connectivity index (χ2n) is 7.47. The minimum atomic E-state index is -0.230. The number of halogens is 1. The number of ether oxygens (including phenoxy) is 1. The van der Waals surface area contributed by atoms with Gasteiger partial charge in [-0.3, -0.25) is 4.79 Å². The van der Waals surface area contributed by atoms with E-state index in [4.69, 9.17) is 22.1 Å². The third-order valence-corrected chi connectivity index (χ3v) is 6.46. The first kappa shape index (κ1) is 24.9. The molecule has 0 saturated heterocycles. The van der Waals surface area contributed by atoms with Crippen LogP contribution in [-0.2, 0) is 4.79 Å². The second-order valence-corrected chi connectivity index (χ2v) is 8.96. The monoisotopic (exact) mass is 491 g/mol. The van der Waals surface area contributed by atoms with E-state index in [1.165, 1.54) is 18.9 Å². The van der Waals surface area contributed by atoms with Crippen LogP contribution in [0.4, 0.5) is 11.5 Å². The molecule has 172 valence electrons. The van der Waals surface area contributed by atoms with Gasteiger partial charge in [0.05, 0.1) is 18.4 Å². The molecule has 0 aliphatic heterocycles. The molecule has 0 saturated carbocycles. The van der Waals surface area contributed by atoms with Crippen LogP contribution in [0.15, 0.2) is 41.4 Å². The lowest BCUT2D eigenvalue weighted by Gasteiger charge is -2.14. The Bertz CT molecular complexity index is 1330. The first-order valence-corrected chi connectivity index (χ1v) is 11.6. The fourth-order valence-electron chi connectivity index (χ4n) is 3.29. The summed E-state index contributed by atoms with van der Waals surface area (Å²) < 4.78 is 5.29. The van der Waals surface area contributed by atoms with E-state index in [-0.39, 0.29) is 29.3 Å². The van der Waals surface area contributed by atoms with Crippen molar-refractivity contribution >= 4 is 40.8 Å². The standard InChI is InChI=1S/C25H22ClN5O2S/c1-14-4-6-16(7-5-14)23-17(12-27)24(29)31-25(18(23)13-28)34-9-8-22(32)30-20-10-15(2)19(26)11-21(20)33-3/h4-7,10-11H,8-9H2,1-3H3,(H2,29,31)(H,30,32). The van der Waals surface area contributed by atoms with Gasteiger partial charge in [0, 0.05) is 28.8 Å². The number of pyridine rings is 1. The van der Waals surface area contributed by atoms with Crippen LogP contribution in [0, 0.1) is 36.5 Å². The summed E-state index contributed by atoms with van der Waals surface area (Å²) in [5.74, 6) is 0.630. The van der Waals surface area contributed by atoms with Gasteiger partial charge in [-0.05, 0) is 31.0 Å². The molecule has 3 rings (SSSR count). The zero-order valence-corrected chi connectivity index (χ0v) is 20.5. The number of methoxy groups -OCH3 is 1. The number of amides is 1. The Balaban J connectivity index is 1.81. The maximum atomic E-state index is 12.5. The highest BCUT2D eigenvalue weighted by atomic mass is 35.5. The zero-order chi connectivity index (χ0) is 24.8. The van der Waals surface area contributed by atoms with E-state index >= 15 is 0 Å². The normalized spacial score (nSPS) is 10.3. The van der Waals surface area contributed by atoms with Crippen LogP contribution >= 0.6 is 23.4 Å². The zero-order valence-electron chi connectivity index (χ0n) is 18.9. The average molecular weight is 492 g/mol. The number of carbonyl (C=O) groups excluding carboxylic acids is 1. The molecule has 0 bridgehead atoms. The van der Waals surface area contributed by atoms with Gasteiger partial charge >= 0.3 is 0 Å². The lowest BCUT2D eigenvalue weighted by Crippen LogP contribution is -2.13. The predicted molar refractivity (Wildman–Crippen MR) is 135 cm³/mol. The lowest BCUT2D eigenvalue weighted by molar-refractivity contribution is -0.115. The van der Waals surface area contributed by atoms with Crippen molar-refractivity contribution in [2.75, 3.05) is 23.9 Å². The minimum absolute atomic E-state index is 0.0467. The van der Waals surface area contributed by atoms with E-state index < -0.39 is 0 Å². The van der Waals surface area contributed by atoms with Gasteiger partial charge in [-0.1, -0.05) is 41.4 Å². The molecule has 0 aliphatic carbocycles. The van der Waals surface area contributed by atoms with Gasteiger partial charge in [0.2, 0.25) is 5.91 Å². The van der Waals surface area contributed by atoms with E-state index in [9.17, 15) is 15.3 Å². The number of nitrogen functional groups attached to an aromatic ring is 1. The van der Waals surface area contributed by atoms with Crippen LogP contribution in [0.5, 0.6) is 5.75 Å². The SMILES string of the molecule is COc1cc(Cl)c(C)cc1NC(=O)CCSc1nc(N)c(C#N)c(-c2ccc(C)cc2)c1C#N. The Morgan fingerprint density at radius 1 is 1.18 bits per heavy atom. The Morgan fingerprint density at radius 3 is 2.47 bits per heavy atom. The van der Waals surface area contributed by atoms with Gasteiger partial charge < -0.3 is 15.8 Å². The van der Waals surface area contributed by atoms with Crippen molar-refractivity contribution in [1.29, 1.82) is 10.5 Å². The van der Waals surface area contributed by atoms with Gasteiger partial charge in [-0.2, -0.15) is 10.5 Å². The molecule has 0 unspecified atom stereocenters. The number of aromatic nitrogens is 1. The molecule has 2 aromatic carbocycles. The highest BCUT2D eigenvalue weighted by molar-refractivity contribution is 7.99. The fourth-order valence-corrected chi connectivity index (χ4v) is 4.38. The summed E-state index contributed by atoms with van der Waals surface area (Å²) in [4.78, 5) is 16.8. The van der Waals surface area contributed by atoms with Crippen LogP contribution in [0.25, 0.3) is 11.1 Å². The third-order valence-electron chi connectivity index (χ3n) is 5.08. The van der Waals surface area contributed by atoms with Crippen molar-refractivity contribution in [1.82, 2.24) is 4.98 Å². The smallest absolute Gasteiger partial charge is 0.225 e. The van der Waals surface area contributed by atoms with E-state index in [1.807, 2.05) is 38.1 Å². The molecule has 7 nitrogen and oxygen atoms in total. The molecule has 1 heterocycles. The Kier molecular flexibility index (Phi) is 8.01. The number of aryl methyl sites for hydroxylation is 2. The molecule has 0 aliphatic rings. The summed E-state index contributed by atoms with van der Waals surface area (Å²) in [5.41, 5.74) is 10.0. The molecular weight excluding hydrogens is 470 g/mol. The van der Waals surface area contributed by atoms with Crippen LogP contribution < -0.4 is 15.8 Å². The predicted octanol–water partition coefficient (Wildman–Crippen LogP) is 5.47. The number of hydrogen-bond acceptors (Lipinski definition) is 7. The number of nitrogens with two attached hydrogens (primary N) is 1. The van der Waals surface area contributed by atoms with Crippen LogP contribution in [-0.4, -0.2) is 23.8 Å².